The molecule has 3 aromatic carbocycles. The van der Waals surface area contributed by atoms with E-state index in [1.807, 2.05) is 54.6 Å². The maximum absolute atomic E-state index is 14.1. The third-order valence-corrected chi connectivity index (χ3v) is 13.9. The molecule has 3 aromatic rings. The van der Waals surface area contributed by atoms with Crippen molar-refractivity contribution in [3.05, 3.63) is 93.6 Å². The molecule has 1 aliphatic carbocycles. The smallest absolute Gasteiger partial charge is 0.414 e. The lowest BCUT2D eigenvalue weighted by Crippen LogP contribution is -2.39. The molecule has 5 rings (SSSR count). The van der Waals surface area contributed by atoms with Crippen LogP contribution in [0.4, 0.5) is 16.2 Å². The zero-order chi connectivity index (χ0) is 34.9. The lowest BCUT2D eigenvalue weighted by molar-refractivity contribution is -0.118. The lowest BCUT2D eigenvalue weighted by Gasteiger charge is -2.36. The zero-order valence-electron chi connectivity index (χ0n) is 29.4. The number of rotatable bonds is 9. The molecule has 0 aromatic heterocycles. The number of carbonyl (C=O) groups is 2. The molecule has 2 unspecified atom stereocenters. The van der Waals surface area contributed by atoms with Crippen molar-refractivity contribution >= 4 is 43.6 Å². The Morgan fingerprint density at radius 1 is 1.04 bits per heavy atom. The van der Waals surface area contributed by atoms with Gasteiger partial charge in [-0.15, -0.1) is 0 Å². The van der Waals surface area contributed by atoms with Gasteiger partial charge in [-0.2, -0.15) is 0 Å². The van der Waals surface area contributed by atoms with Gasteiger partial charge in [0.1, 0.15) is 12.4 Å². The van der Waals surface area contributed by atoms with Gasteiger partial charge in [-0.05, 0) is 81.8 Å². The summed E-state index contributed by atoms with van der Waals surface area (Å²) in [6.07, 6.45) is 1.02. The molecule has 2 atom stereocenters. The SMILES string of the molecule is COC(=O)N1c2ccc(CC(C)[Si+](C(C)C)C(C)C)c([OH2+])c2NC2=C(C(=O)CC(C)(C)C2)C1c1ccc(OCc2ccccc2)cc1Cl. The van der Waals surface area contributed by atoms with E-state index in [1.165, 1.54) is 12.0 Å². The Morgan fingerprint density at radius 3 is 2.35 bits per heavy atom. The Labute approximate surface area is 291 Å². The fraction of sp³-hybridized carbons (Fsp3) is 0.436. The van der Waals surface area contributed by atoms with Crippen LogP contribution in [0.3, 0.4) is 0 Å². The zero-order valence-corrected chi connectivity index (χ0v) is 31.1. The van der Waals surface area contributed by atoms with Crippen molar-refractivity contribution in [2.45, 2.75) is 97.0 Å². The number of amides is 1. The first kappa shape index (κ1) is 35.6. The molecule has 48 heavy (non-hydrogen) atoms. The van der Waals surface area contributed by atoms with E-state index < -0.39 is 20.9 Å². The fourth-order valence-corrected chi connectivity index (χ4v) is 12.1. The average molecular weight is 689 g/mol. The van der Waals surface area contributed by atoms with Crippen molar-refractivity contribution in [2.24, 2.45) is 5.41 Å². The summed E-state index contributed by atoms with van der Waals surface area (Å²) >= 11 is 7.02. The van der Waals surface area contributed by atoms with Gasteiger partial charge >= 0.3 is 14.9 Å². The number of nitrogens with zero attached hydrogens (tertiary/aromatic N) is 1. The number of fused-ring (bicyclic) bond motifs is 1. The van der Waals surface area contributed by atoms with Gasteiger partial charge in [-0.1, -0.05) is 61.8 Å². The summed E-state index contributed by atoms with van der Waals surface area (Å²) in [6, 6.07) is 18.2. The molecule has 0 bridgehead atoms. The minimum absolute atomic E-state index is 0.0672. The van der Waals surface area contributed by atoms with E-state index in [-0.39, 0.29) is 11.2 Å². The van der Waals surface area contributed by atoms with E-state index in [2.05, 4.69) is 53.8 Å². The van der Waals surface area contributed by atoms with Crippen LogP contribution in [0.15, 0.2) is 71.9 Å². The second-order valence-electron chi connectivity index (χ2n) is 14.6. The van der Waals surface area contributed by atoms with Crippen LogP contribution in [-0.4, -0.2) is 32.9 Å². The van der Waals surface area contributed by atoms with E-state index in [0.29, 0.717) is 80.8 Å². The lowest BCUT2D eigenvalue weighted by atomic mass is 9.73. The molecule has 1 heterocycles. The molecule has 0 saturated heterocycles. The summed E-state index contributed by atoms with van der Waals surface area (Å²) in [5.41, 5.74) is 6.03. The summed E-state index contributed by atoms with van der Waals surface area (Å²) < 4.78 is 11.4. The van der Waals surface area contributed by atoms with Crippen LogP contribution in [0.5, 0.6) is 11.5 Å². The summed E-state index contributed by atoms with van der Waals surface area (Å²) in [6.45, 7) is 16.1. The molecule has 0 radical (unpaired) electrons. The number of nitrogens with one attached hydrogen (secondary N) is 1. The summed E-state index contributed by atoms with van der Waals surface area (Å²) in [5.74, 6) is 0.842. The number of ether oxygens (including phenoxy) is 2. The topological polar surface area (TPSA) is 90.8 Å². The highest BCUT2D eigenvalue weighted by atomic mass is 35.5. The molecule has 0 fully saturated rings. The highest BCUT2D eigenvalue weighted by Gasteiger charge is 2.46. The van der Waals surface area contributed by atoms with Gasteiger partial charge in [0.2, 0.25) is 0 Å². The van der Waals surface area contributed by atoms with E-state index >= 15 is 0 Å². The highest BCUT2D eigenvalue weighted by molar-refractivity contribution is 6.63. The van der Waals surface area contributed by atoms with Crippen molar-refractivity contribution in [2.75, 3.05) is 17.3 Å². The Kier molecular flexibility index (Phi) is 10.7. The largest absolute Gasteiger partial charge is 0.592 e. The molecule has 2 aliphatic rings. The van der Waals surface area contributed by atoms with Gasteiger partial charge in [0, 0.05) is 29.1 Å². The Morgan fingerprint density at radius 2 is 1.73 bits per heavy atom. The van der Waals surface area contributed by atoms with Crippen molar-refractivity contribution in [3.63, 3.8) is 0 Å². The maximum atomic E-state index is 14.1. The number of carbonyl (C=O) groups excluding carboxylic acids is 2. The Bertz CT molecular complexity index is 1700. The number of methoxy groups -OCH3 is 1. The predicted octanol–water partition coefficient (Wildman–Crippen LogP) is 9.99. The number of hydrogen-bond donors (Lipinski definition) is 1. The number of benzene rings is 3. The van der Waals surface area contributed by atoms with Crippen molar-refractivity contribution in [3.8, 4) is 11.5 Å². The van der Waals surface area contributed by atoms with Gasteiger partial charge < -0.3 is 19.9 Å². The van der Waals surface area contributed by atoms with Crippen LogP contribution in [0.25, 0.3) is 0 Å². The van der Waals surface area contributed by atoms with E-state index in [1.54, 1.807) is 6.07 Å². The first-order valence-corrected chi connectivity index (χ1v) is 18.9. The number of ketones is 1. The minimum atomic E-state index is -0.874. The molecule has 0 saturated carbocycles. The third-order valence-electron chi connectivity index (χ3n) is 9.57. The Balaban J connectivity index is 1.63. The molecule has 1 amide bonds. The van der Waals surface area contributed by atoms with Crippen molar-refractivity contribution in [1.29, 1.82) is 0 Å². The van der Waals surface area contributed by atoms with E-state index in [4.69, 9.17) is 21.1 Å². The van der Waals surface area contributed by atoms with Crippen LogP contribution < -0.4 is 15.0 Å². The third kappa shape index (κ3) is 7.30. The van der Waals surface area contributed by atoms with Crippen LogP contribution in [0.1, 0.15) is 84.0 Å². The molecule has 1 aliphatic heterocycles. The van der Waals surface area contributed by atoms with Crippen LogP contribution >= 0.6 is 11.6 Å². The quantitative estimate of drug-likeness (QED) is 0.178. The second kappa shape index (κ2) is 14.4. The van der Waals surface area contributed by atoms with Gasteiger partial charge in [-0.3, -0.25) is 9.69 Å². The number of halogens is 1. The molecule has 3 N–H and O–H groups in total. The summed E-state index contributed by atoms with van der Waals surface area (Å²) in [5, 5.41) is 13.4. The summed E-state index contributed by atoms with van der Waals surface area (Å²) in [4.78, 5) is 29.5. The maximum Gasteiger partial charge on any atom is 0.414 e. The predicted molar refractivity (Wildman–Crippen MR) is 197 cm³/mol. The molecule has 7 nitrogen and oxygen atoms in total. The van der Waals surface area contributed by atoms with Gasteiger partial charge in [-0.25, -0.2) is 4.79 Å². The monoisotopic (exact) mass is 688 g/mol. The van der Waals surface area contributed by atoms with E-state index in [0.717, 1.165) is 17.5 Å². The van der Waals surface area contributed by atoms with Crippen molar-refractivity contribution in [1.82, 2.24) is 0 Å². The molecule has 254 valence electrons. The number of anilines is 2. The number of allylic oxidation sites excluding steroid dienone is 1. The first-order valence-electron chi connectivity index (χ1n) is 16.8. The van der Waals surface area contributed by atoms with Gasteiger partial charge in [0.15, 0.2) is 11.5 Å². The number of Topliss-reactive ketones (excluding diaryl/α,β-unsaturated/α-hetero) is 1. The standard InChI is InChI=1S/C39H47ClN2O5Si/c1-23(2)48(24(3)4)25(5)18-27-14-17-32-35(37(27)44)41-31-20-39(6,7)21-33(43)34(31)36(42(32)38(45)46-8)29-16-15-28(19-30(29)40)47-22-26-12-10-9-11-13-26/h9-17,19,23-25,36H,18,20-22H2,1-8H3,(H-,41,43,44)/p+2. The fourth-order valence-electron chi connectivity index (χ4n) is 7.72. The van der Waals surface area contributed by atoms with Crippen LogP contribution in [-0.2, 0) is 22.6 Å². The van der Waals surface area contributed by atoms with Crippen LogP contribution in [0.2, 0.25) is 21.6 Å². The second-order valence-corrected chi connectivity index (χ2v) is 19.3. The normalized spacial score (nSPS) is 17.8. The van der Waals surface area contributed by atoms with Crippen LogP contribution in [0, 0.1) is 5.41 Å². The Hall–Kier alpha value is -3.75. The van der Waals surface area contributed by atoms with Crippen molar-refractivity contribution < 1.29 is 24.2 Å². The highest BCUT2D eigenvalue weighted by Crippen LogP contribution is 2.52. The minimum Gasteiger partial charge on any atom is -0.592 e. The average Bonchev–Trinajstić information content (AvgIpc) is 3.15. The van der Waals surface area contributed by atoms with E-state index in [9.17, 15) is 14.7 Å². The molecular weight excluding hydrogens is 640 g/mol. The molecule has 9 heteroatoms. The van der Waals surface area contributed by atoms with Gasteiger partial charge in [0.05, 0.1) is 41.0 Å². The number of hydrogen-bond acceptors (Lipinski definition) is 5. The first-order chi connectivity index (χ1) is 22.7. The van der Waals surface area contributed by atoms with Gasteiger partial charge in [0.25, 0.3) is 5.75 Å². The molecular formula is C39H49ClN2O5Si+2. The molecule has 0 spiro atoms. The summed E-state index contributed by atoms with van der Waals surface area (Å²) in [7, 11) is 0.626.